The van der Waals surface area contributed by atoms with Crippen molar-refractivity contribution in [2.24, 2.45) is 0 Å². The van der Waals surface area contributed by atoms with Gasteiger partial charge >= 0.3 is 6.36 Å². The molecule has 2 aromatic carbocycles. The number of nitrogen functional groups attached to an aromatic ring is 1. The average molecular weight is 317 g/mol. The number of para-hydroxylation sites is 2. The van der Waals surface area contributed by atoms with Crippen LogP contribution in [0, 0.1) is 6.92 Å². The maximum atomic E-state index is 12.4. The van der Waals surface area contributed by atoms with Gasteiger partial charge in [-0.15, -0.1) is 13.2 Å². The van der Waals surface area contributed by atoms with E-state index in [1.54, 1.807) is 25.1 Å². The van der Waals surface area contributed by atoms with E-state index in [1.807, 2.05) is 0 Å². The Labute approximate surface area is 124 Å². The summed E-state index contributed by atoms with van der Waals surface area (Å²) in [6.07, 6.45) is -4.77. The van der Waals surface area contributed by atoms with Gasteiger partial charge in [-0.05, 0) is 36.8 Å². The zero-order chi connectivity index (χ0) is 15.6. The van der Waals surface area contributed by atoms with Crippen molar-refractivity contribution in [2.75, 3.05) is 11.1 Å². The van der Waals surface area contributed by atoms with Crippen molar-refractivity contribution in [3.63, 3.8) is 0 Å². The second-order valence-electron chi connectivity index (χ2n) is 4.38. The van der Waals surface area contributed by atoms with Crippen LogP contribution >= 0.6 is 11.6 Å². The van der Waals surface area contributed by atoms with Gasteiger partial charge in [0, 0.05) is 0 Å². The maximum Gasteiger partial charge on any atom is 0.573 e. The lowest BCUT2D eigenvalue weighted by atomic mass is 10.2. The highest BCUT2D eigenvalue weighted by Gasteiger charge is 2.32. The van der Waals surface area contributed by atoms with Crippen LogP contribution < -0.4 is 15.8 Å². The third-order valence-electron chi connectivity index (χ3n) is 2.63. The predicted octanol–water partition coefficient (Wildman–Crippen LogP) is 4.87. The van der Waals surface area contributed by atoms with Crippen molar-refractivity contribution >= 4 is 28.7 Å². The van der Waals surface area contributed by atoms with Crippen LogP contribution in [0.3, 0.4) is 0 Å². The van der Waals surface area contributed by atoms with Crippen LogP contribution in [-0.4, -0.2) is 6.36 Å². The first-order valence-corrected chi connectivity index (χ1v) is 6.31. The number of ether oxygens (including phenoxy) is 1. The van der Waals surface area contributed by atoms with E-state index in [0.29, 0.717) is 11.4 Å². The van der Waals surface area contributed by atoms with Crippen molar-refractivity contribution in [3.05, 3.63) is 47.0 Å². The molecule has 0 fully saturated rings. The SMILES string of the molecule is Cc1cc(N)c(Cl)c(Nc2ccccc2OC(F)(F)F)c1. The molecule has 3 nitrogen and oxygen atoms in total. The minimum absolute atomic E-state index is 0.140. The summed E-state index contributed by atoms with van der Waals surface area (Å²) in [7, 11) is 0. The molecule has 0 saturated carbocycles. The van der Waals surface area contributed by atoms with Gasteiger partial charge in [-0.25, -0.2) is 0 Å². The van der Waals surface area contributed by atoms with E-state index < -0.39 is 6.36 Å². The number of nitrogens with one attached hydrogen (secondary N) is 1. The molecule has 0 aliphatic rings. The largest absolute Gasteiger partial charge is 0.573 e. The number of hydrogen-bond donors (Lipinski definition) is 2. The molecular formula is C14H12ClF3N2O. The monoisotopic (exact) mass is 316 g/mol. The Morgan fingerprint density at radius 1 is 1.14 bits per heavy atom. The van der Waals surface area contributed by atoms with Crippen molar-refractivity contribution < 1.29 is 17.9 Å². The van der Waals surface area contributed by atoms with E-state index >= 15 is 0 Å². The Balaban J connectivity index is 2.36. The normalized spacial score (nSPS) is 11.3. The van der Waals surface area contributed by atoms with Gasteiger partial charge in [0.15, 0.2) is 5.75 Å². The van der Waals surface area contributed by atoms with Crippen LogP contribution in [0.15, 0.2) is 36.4 Å². The molecule has 0 atom stereocenters. The number of anilines is 3. The molecule has 0 aromatic heterocycles. The van der Waals surface area contributed by atoms with Gasteiger partial charge in [0.05, 0.1) is 22.1 Å². The first-order chi connectivity index (χ1) is 9.76. The number of halogens is 4. The molecule has 112 valence electrons. The Bertz CT molecular complexity index is 659. The Hall–Kier alpha value is -2.08. The van der Waals surface area contributed by atoms with Gasteiger partial charge in [0.25, 0.3) is 0 Å². The summed E-state index contributed by atoms with van der Waals surface area (Å²) in [6.45, 7) is 1.80. The van der Waals surface area contributed by atoms with E-state index in [-0.39, 0.29) is 16.5 Å². The lowest BCUT2D eigenvalue weighted by Gasteiger charge is -2.16. The van der Waals surface area contributed by atoms with E-state index in [1.165, 1.54) is 18.2 Å². The number of hydrogen-bond acceptors (Lipinski definition) is 3. The highest BCUT2D eigenvalue weighted by Crippen LogP contribution is 2.36. The molecule has 0 aliphatic carbocycles. The zero-order valence-corrected chi connectivity index (χ0v) is 11.7. The van der Waals surface area contributed by atoms with Crippen molar-refractivity contribution in [1.29, 1.82) is 0 Å². The molecule has 0 bridgehead atoms. The summed E-state index contributed by atoms with van der Waals surface area (Å²) in [5, 5.41) is 3.05. The molecule has 0 amide bonds. The number of aryl methyl sites for hydroxylation is 1. The van der Waals surface area contributed by atoms with Crippen molar-refractivity contribution in [1.82, 2.24) is 0 Å². The van der Waals surface area contributed by atoms with Crippen LogP contribution in [0.25, 0.3) is 0 Å². The third kappa shape index (κ3) is 3.95. The summed E-state index contributed by atoms with van der Waals surface area (Å²) in [5.41, 5.74) is 7.45. The summed E-state index contributed by atoms with van der Waals surface area (Å²) >= 11 is 6.05. The molecule has 0 radical (unpaired) electrons. The second kappa shape index (κ2) is 5.73. The minimum atomic E-state index is -4.77. The number of alkyl halides is 3. The molecule has 2 rings (SSSR count). The highest BCUT2D eigenvalue weighted by atomic mass is 35.5. The Morgan fingerprint density at radius 3 is 2.48 bits per heavy atom. The molecule has 3 N–H and O–H groups in total. The van der Waals surface area contributed by atoms with E-state index in [2.05, 4.69) is 10.1 Å². The zero-order valence-electron chi connectivity index (χ0n) is 11.0. The fourth-order valence-corrected chi connectivity index (χ4v) is 1.97. The van der Waals surface area contributed by atoms with Gasteiger partial charge in [-0.1, -0.05) is 23.7 Å². The van der Waals surface area contributed by atoms with Gasteiger partial charge in [-0.2, -0.15) is 0 Å². The maximum absolute atomic E-state index is 12.4. The first kappa shape index (κ1) is 15.3. The smallest absolute Gasteiger partial charge is 0.404 e. The topological polar surface area (TPSA) is 47.3 Å². The van der Waals surface area contributed by atoms with E-state index in [4.69, 9.17) is 17.3 Å². The van der Waals surface area contributed by atoms with Gasteiger partial charge in [-0.3, -0.25) is 0 Å². The summed E-state index contributed by atoms with van der Waals surface area (Å²) < 4.78 is 41.1. The molecule has 0 heterocycles. The summed E-state index contributed by atoms with van der Waals surface area (Å²) in [4.78, 5) is 0. The van der Waals surface area contributed by atoms with Crippen LogP contribution in [0.1, 0.15) is 5.56 Å². The van der Waals surface area contributed by atoms with Gasteiger partial charge < -0.3 is 15.8 Å². The quantitative estimate of drug-likeness (QED) is 0.794. The fourth-order valence-electron chi connectivity index (χ4n) is 1.82. The predicted molar refractivity (Wildman–Crippen MR) is 77.0 cm³/mol. The minimum Gasteiger partial charge on any atom is -0.404 e. The molecule has 0 unspecified atom stereocenters. The molecule has 7 heteroatoms. The van der Waals surface area contributed by atoms with Crippen molar-refractivity contribution in [2.45, 2.75) is 13.3 Å². The molecule has 21 heavy (non-hydrogen) atoms. The Morgan fingerprint density at radius 2 is 1.81 bits per heavy atom. The van der Waals surface area contributed by atoms with Crippen LogP contribution in [0.4, 0.5) is 30.2 Å². The highest BCUT2D eigenvalue weighted by molar-refractivity contribution is 6.35. The summed E-state index contributed by atoms with van der Waals surface area (Å²) in [6, 6.07) is 9.05. The number of nitrogens with two attached hydrogens (primary N) is 1. The second-order valence-corrected chi connectivity index (χ2v) is 4.76. The molecular weight excluding hydrogens is 305 g/mol. The van der Waals surface area contributed by atoms with Crippen LogP contribution in [0.5, 0.6) is 5.75 Å². The van der Waals surface area contributed by atoms with E-state index in [9.17, 15) is 13.2 Å². The van der Waals surface area contributed by atoms with Crippen LogP contribution in [0.2, 0.25) is 5.02 Å². The fraction of sp³-hybridized carbons (Fsp3) is 0.143. The van der Waals surface area contributed by atoms with Gasteiger partial charge in [0.1, 0.15) is 0 Å². The molecule has 0 aliphatic heterocycles. The molecule has 2 aromatic rings. The third-order valence-corrected chi connectivity index (χ3v) is 3.05. The van der Waals surface area contributed by atoms with Crippen molar-refractivity contribution in [3.8, 4) is 5.75 Å². The first-order valence-electron chi connectivity index (χ1n) is 5.93. The lowest BCUT2D eigenvalue weighted by molar-refractivity contribution is -0.274. The molecule has 0 saturated heterocycles. The van der Waals surface area contributed by atoms with Crippen LogP contribution in [-0.2, 0) is 0 Å². The number of benzene rings is 2. The number of rotatable bonds is 3. The van der Waals surface area contributed by atoms with E-state index in [0.717, 1.165) is 5.56 Å². The summed E-state index contributed by atoms with van der Waals surface area (Å²) in [5.74, 6) is -0.346. The Kier molecular flexibility index (Phi) is 4.18. The standard InChI is InChI=1S/C14H12ClF3N2O/c1-8-6-9(19)13(15)11(7-8)20-10-4-2-3-5-12(10)21-14(16,17)18/h2-7,20H,19H2,1H3. The molecule has 0 spiro atoms. The average Bonchev–Trinajstić information content (AvgIpc) is 2.36. The lowest BCUT2D eigenvalue weighted by Crippen LogP contribution is -2.17. The van der Waals surface area contributed by atoms with Gasteiger partial charge in [0.2, 0.25) is 0 Å².